The summed E-state index contributed by atoms with van der Waals surface area (Å²) in [6.07, 6.45) is 0. The molecule has 0 saturated heterocycles. The summed E-state index contributed by atoms with van der Waals surface area (Å²) in [6.45, 7) is 7.78. The summed E-state index contributed by atoms with van der Waals surface area (Å²) < 4.78 is 0. The van der Waals surface area contributed by atoms with Gasteiger partial charge in [0.05, 0.1) is 11.6 Å². The summed E-state index contributed by atoms with van der Waals surface area (Å²) in [5.41, 5.74) is 2.07. The summed E-state index contributed by atoms with van der Waals surface area (Å²) in [4.78, 5) is 14.6. The number of nitrogens with one attached hydrogen (secondary N) is 2. The third-order valence-electron chi connectivity index (χ3n) is 3.67. The number of allylic oxidation sites excluding steroid dienone is 1. The highest BCUT2D eigenvalue weighted by molar-refractivity contribution is 7.80. The average Bonchev–Trinajstić information content (AvgIpc) is 2.42. The first kappa shape index (κ1) is 17.8. The predicted octanol–water partition coefficient (Wildman–Crippen LogP) is 3.39. The lowest BCUT2D eigenvalue weighted by Gasteiger charge is -2.36. The predicted molar refractivity (Wildman–Crippen MR) is 98.3 cm³/mol. The topological polar surface area (TPSA) is 44.4 Å². The third-order valence-corrected chi connectivity index (χ3v) is 4.30. The van der Waals surface area contributed by atoms with Gasteiger partial charge in [-0.1, -0.05) is 23.7 Å². The van der Waals surface area contributed by atoms with Crippen molar-refractivity contribution in [2.45, 2.75) is 39.3 Å². The highest BCUT2D eigenvalue weighted by atomic mass is 35.5. The molecule has 1 aromatic rings. The molecule has 0 aromatic heterocycles. The smallest absolute Gasteiger partial charge is 0.251 e. The van der Waals surface area contributed by atoms with Gasteiger partial charge < -0.3 is 15.5 Å². The van der Waals surface area contributed by atoms with Crippen LogP contribution in [0, 0.1) is 0 Å². The minimum absolute atomic E-state index is 0.109. The number of benzene rings is 1. The molecule has 1 amide bonds. The van der Waals surface area contributed by atoms with Crippen molar-refractivity contribution in [1.29, 1.82) is 0 Å². The Morgan fingerprint density at radius 3 is 2.61 bits per heavy atom. The molecular weight excluding hydrogens is 330 g/mol. The van der Waals surface area contributed by atoms with Crippen molar-refractivity contribution in [3.63, 3.8) is 0 Å². The van der Waals surface area contributed by atoms with E-state index in [4.69, 9.17) is 23.8 Å². The number of nitrogens with zero attached hydrogens (tertiary/aromatic N) is 1. The van der Waals surface area contributed by atoms with E-state index in [0.29, 0.717) is 15.7 Å². The summed E-state index contributed by atoms with van der Waals surface area (Å²) in [6, 6.07) is 7.15. The van der Waals surface area contributed by atoms with Crippen molar-refractivity contribution in [2.75, 3.05) is 7.05 Å². The summed E-state index contributed by atoms with van der Waals surface area (Å²) >= 11 is 11.5. The van der Waals surface area contributed by atoms with Gasteiger partial charge in [-0.25, -0.2) is 0 Å². The van der Waals surface area contributed by atoms with Crippen LogP contribution in [0.4, 0.5) is 0 Å². The van der Waals surface area contributed by atoms with E-state index in [-0.39, 0.29) is 17.5 Å². The molecule has 2 rings (SSSR count). The SMILES string of the molecule is CC1=C(C(=O)NC(C)(C)C)[C@H](c2cccc(Cl)c2)NC(=S)N1C. The molecule has 0 spiro atoms. The van der Waals surface area contributed by atoms with Crippen LogP contribution in [0.5, 0.6) is 0 Å². The second-order valence-electron chi connectivity index (χ2n) is 6.70. The number of halogens is 1. The number of hydrogen-bond donors (Lipinski definition) is 2. The van der Waals surface area contributed by atoms with E-state index < -0.39 is 0 Å². The van der Waals surface area contributed by atoms with Crippen molar-refractivity contribution in [3.05, 3.63) is 46.1 Å². The van der Waals surface area contributed by atoms with Crippen LogP contribution in [0.1, 0.15) is 39.3 Å². The average molecular weight is 352 g/mol. The standard InChI is InChI=1S/C17H22ClN3OS/c1-10-13(15(22)20-17(2,3)4)14(19-16(23)21(10)5)11-7-6-8-12(18)9-11/h6-9,14H,1-5H3,(H,19,23)(H,20,22)/t14-/m0/s1. The van der Waals surface area contributed by atoms with Gasteiger partial charge in [0.2, 0.25) is 0 Å². The first-order chi connectivity index (χ1) is 10.6. The minimum Gasteiger partial charge on any atom is -0.351 e. The Labute approximate surface area is 147 Å². The first-order valence-corrected chi connectivity index (χ1v) is 8.22. The van der Waals surface area contributed by atoms with Gasteiger partial charge in [-0.05, 0) is 57.6 Å². The maximum absolute atomic E-state index is 12.8. The zero-order chi connectivity index (χ0) is 17.4. The Bertz CT molecular complexity index is 679. The molecule has 6 heteroatoms. The van der Waals surface area contributed by atoms with E-state index in [9.17, 15) is 4.79 Å². The summed E-state index contributed by atoms with van der Waals surface area (Å²) in [5, 5.41) is 7.48. The molecule has 0 fully saturated rings. The lowest BCUT2D eigenvalue weighted by Crippen LogP contribution is -2.50. The van der Waals surface area contributed by atoms with E-state index in [1.54, 1.807) is 0 Å². The maximum Gasteiger partial charge on any atom is 0.251 e. The van der Waals surface area contributed by atoms with Crippen molar-refractivity contribution >= 4 is 34.8 Å². The molecule has 0 saturated carbocycles. The molecule has 1 heterocycles. The number of rotatable bonds is 2. The molecule has 4 nitrogen and oxygen atoms in total. The van der Waals surface area contributed by atoms with Crippen LogP contribution in [-0.2, 0) is 4.79 Å². The van der Waals surface area contributed by atoms with Gasteiger partial charge in [-0.2, -0.15) is 0 Å². The zero-order valence-corrected chi connectivity index (χ0v) is 15.6. The third kappa shape index (κ3) is 4.03. The normalized spacial score (nSPS) is 18.8. The quantitative estimate of drug-likeness (QED) is 0.802. The molecule has 1 aliphatic heterocycles. The summed E-state index contributed by atoms with van der Waals surface area (Å²) in [5.74, 6) is -0.109. The Hall–Kier alpha value is -1.59. The Morgan fingerprint density at radius 2 is 2.04 bits per heavy atom. The lowest BCUT2D eigenvalue weighted by atomic mass is 9.93. The van der Waals surface area contributed by atoms with Crippen LogP contribution in [0.3, 0.4) is 0 Å². The van der Waals surface area contributed by atoms with E-state index in [1.165, 1.54) is 0 Å². The Kier molecular flexibility index (Phi) is 5.01. The molecule has 1 aromatic carbocycles. The largest absolute Gasteiger partial charge is 0.351 e. The van der Waals surface area contributed by atoms with Crippen LogP contribution >= 0.6 is 23.8 Å². The fraction of sp³-hybridized carbons (Fsp3) is 0.412. The van der Waals surface area contributed by atoms with Gasteiger partial charge in [0.25, 0.3) is 5.91 Å². The fourth-order valence-electron chi connectivity index (χ4n) is 2.47. The van der Waals surface area contributed by atoms with Crippen LogP contribution in [-0.4, -0.2) is 28.5 Å². The Balaban J connectivity index is 2.50. The molecule has 0 unspecified atom stereocenters. The minimum atomic E-state index is -0.320. The second kappa shape index (κ2) is 6.49. The molecule has 124 valence electrons. The van der Waals surface area contributed by atoms with E-state index in [2.05, 4.69) is 10.6 Å². The first-order valence-electron chi connectivity index (χ1n) is 7.43. The van der Waals surface area contributed by atoms with Gasteiger partial charge in [0.15, 0.2) is 5.11 Å². The van der Waals surface area contributed by atoms with Crippen molar-refractivity contribution in [3.8, 4) is 0 Å². The lowest BCUT2D eigenvalue weighted by molar-refractivity contribution is -0.119. The van der Waals surface area contributed by atoms with Crippen LogP contribution < -0.4 is 10.6 Å². The monoisotopic (exact) mass is 351 g/mol. The van der Waals surface area contributed by atoms with Gasteiger partial charge in [-0.3, -0.25) is 4.79 Å². The number of hydrogen-bond acceptors (Lipinski definition) is 2. The molecule has 0 bridgehead atoms. The zero-order valence-electron chi connectivity index (χ0n) is 14.0. The maximum atomic E-state index is 12.8. The number of carbonyl (C=O) groups excluding carboxylic acids is 1. The molecule has 2 N–H and O–H groups in total. The van der Waals surface area contributed by atoms with Gasteiger partial charge in [-0.15, -0.1) is 0 Å². The molecule has 23 heavy (non-hydrogen) atoms. The van der Waals surface area contributed by atoms with Crippen molar-refractivity contribution in [2.24, 2.45) is 0 Å². The molecule has 1 atom stereocenters. The highest BCUT2D eigenvalue weighted by Gasteiger charge is 2.33. The summed E-state index contributed by atoms with van der Waals surface area (Å²) in [7, 11) is 1.85. The second-order valence-corrected chi connectivity index (χ2v) is 7.52. The molecule has 1 aliphatic rings. The molecule has 0 aliphatic carbocycles. The number of thiocarbonyl (C=S) groups is 1. The van der Waals surface area contributed by atoms with Crippen molar-refractivity contribution < 1.29 is 4.79 Å². The Morgan fingerprint density at radius 1 is 1.39 bits per heavy atom. The fourth-order valence-corrected chi connectivity index (χ4v) is 2.93. The molecular formula is C17H22ClN3OS. The molecule has 0 radical (unpaired) electrons. The van der Waals surface area contributed by atoms with Crippen molar-refractivity contribution in [1.82, 2.24) is 15.5 Å². The van der Waals surface area contributed by atoms with E-state index in [1.807, 2.05) is 63.9 Å². The van der Waals surface area contributed by atoms with Gasteiger partial charge in [0, 0.05) is 23.3 Å². The number of carbonyl (C=O) groups is 1. The van der Waals surface area contributed by atoms with Crippen LogP contribution in [0.2, 0.25) is 5.02 Å². The van der Waals surface area contributed by atoms with E-state index in [0.717, 1.165) is 11.3 Å². The van der Waals surface area contributed by atoms with Gasteiger partial charge in [0.1, 0.15) is 0 Å². The van der Waals surface area contributed by atoms with Crippen LogP contribution in [0.25, 0.3) is 0 Å². The van der Waals surface area contributed by atoms with Gasteiger partial charge >= 0.3 is 0 Å². The van der Waals surface area contributed by atoms with E-state index >= 15 is 0 Å². The number of amides is 1. The van der Waals surface area contributed by atoms with Crippen LogP contribution in [0.15, 0.2) is 35.5 Å². The highest BCUT2D eigenvalue weighted by Crippen LogP contribution is 2.31.